The molecule has 1 heterocycles. The van der Waals surface area contributed by atoms with Gasteiger partial charge in [0.1, 0.15) is 0 Å². The minimum Gasteiger partial charge on any atom is -0.372 e. The maximum atomic E-state index is 13.5. The van der Waals surface area contributed by atoms with E-state index in [1.165, 1.54) is 5.69 Å². The molecule has 0 radical (unpaired) electrons. The second kappa shape index (κ2) is 8.70. The van der Waals surface area contributed by atoms with E-state index in [0.29, 0.717) is 12.8 Å². The van der Waals surface area contributed by atoms with Crippen LogP contribution in [-0.2, 0) is 9.59 Å². The summed E-state index contributed by atoms with van der Waals surface area (Å²) in [6.45, 7) is 10.3. The van der Waals surface area contributed by atoms with E-state index in [9.17, 15) is 9.59 Å². The van der Waals surface area contributed by atoms with Crippen LogP contribution in [0.15, 0.2) is 53.7 Å². The average molecular weight is 417 g/mol. The van der Waals surface area contributed by atoms with Crippen LogP contribution in [-0.4, -0.2) is 24.8 Å². The molecule has 162 valence electrons. The second-order valence-corrected chi connectivity index (χ2v) is 8.63. The quantitative estimate of drug-likeness (QED) is 0.630. The largest absolute Gasteiger partial charge is 0.372 e. The maximum absolute atomic E-state index is 13.5. The molecule has 2 aromatic carbocycles. The summed E-state index contributed by atoms with van der Waals surface area (Å²) in [6, 6.07) is 14.6. The lowest BCUT2D eigenvalue weighted by molar-refractivity contribution is -0.119. The topological polar surface area (TPSA) is 40.6 Å². The van der Waals surface area contributed by atoms with Crippen molar-refractivity contribution >= 4 is 23.1 Å². The van der Waals surface area contributed by atoms with Gasteiger partial charge >= 0.3 is 0 Å². The van der Waals surface area contributed by atoms with Crippen molar-refractivity contribution in [2.75, 3.05) is 22.9 Å². The zero-order chi connectivity index (χ0) is 22.1. The lowest BCUT2D eigenvalue weighted by Gasteiger charge is -2.39. The number of aryl methyl sites for hydroxylation is 2. The van der Waals surface area contributed by atoms with Crippen LogP contribution in [0.5, 0.6) is 0 Å². The van der Waals surface area contributed by atoms with E-state index in [-0.39, 0.29) is 17.6 Å². The number of hydrogen-bond acceptors (Lipinski definition) is 3. The van der Waals surface area contributed by atoms with Crippen molar-refractivity contribution in [3.63, 3.8) is 0 Å². The van der Waals surface area contributed by atoms with Crippen LogP contribution in [0.3, 0.4) is 0 Å². The highest BCUT2D eigenvalue weighted by atomic mass is 16.2. The Bertz CT molecular complexity index is 1010. The Morgan fingerprint density at radius 2 is 1.58 bits per heavy atom. The van der Waals surface area contributed by atoms with Gasteiger partial charge in [0.05, 0.1) is 5.69 Å². The first-order chi connectivity index (χ1) is 15.0. The first-order valence-corrected chi connectivity index (χ1v) is 11.5. The Morgan fingerprint density at radius 3 is 2.19 bits per heavy atom. The van der Waals surface area contributed by atoms with Gasteiger partial charge in [-0.1, -0.05) is 30.3 Å². The third kappa shape index (κ3) is 3.80. The van der Waals surface area contributed by atoms with Crippen molar-refractivity contribution in [1.29, 1.82) is 0 Å². The van der Waals surface area contributed by atoms with Crippen molar-refractivity contribution in [1.82, 2.24) is 0 Å². The van der Waals surface area contributed by atoms with Gasteiger partial charge in [-0.05, 0) is 69.4 Å². The molecule has 1 unspecified atom stereocenters. The molecule has 0 fully saturated rings. The van der Waals surface area contributed by atoms with Crippen LogP contribution in [0.2, 0.25) is 0 Å². The highest BCUT2D eigenvalue weighted by Crippen LogP contribution is 2.44. The molecular formula is C27H32N2O2. The van der Waals surface area contributed by atoms with Crippen LogP contribution in [0.1, 0.15) is 62.1 Å². The SMILES string of the molecule is CCN(CC)c1ccc(C2CC(=O)N(c3c(C)cccc3C)C3=C2C(=O)CCC3)cc1. The zero-order valence-corrected chi connectivity index (χ0v) is 19.1. The number of anilines is 2. The van der Waals surface area contributed by atoms with Crippen LogP contribution in [0.4, 0.5) is 11.4 Å². The molecule has 1 aliphatic heterocycles. The second-order valence-electron chi connectivity index (χ2n) is 8.63. The van der Waals surface area contributed by atoms with Crippen molar-refractivity contribution in [2.45, 2.75) is 59.3 Å². The monoisotopic (exact) mass is 416 g/mol. The van der Waals surface area contributed by atoms with Crippen molar-refractivity contribution in [3.05, 3.63) is 70.4 Å². The summed E-state index contributed by atoms with van der Waals surface area (Å²) in [4.78, 5) is 30.8. The van der Waals surface area contributed by atoms with Crippen LogP contribution >= 0.6 is 0 Å². The van der Waals surface area contributed by atoms with Crippen LogP contribution in [0, 0.1) is 13.8 Å². The minimum absolute atomic E-state index is 0.0867. The minimum atomic E-state index is -0.151. The summed E-state index contributed by atoms with van der Waals surface area (Å²) < 4.78 is 0. The van der Waals surface area contributed by atoms with Gasteiger partial charge < -0.3 is 4.90 Å². The highest BCUT2D eigenvalue weighted by Gasteiger charge is 2.40. The fraction of sp³-hybridized carbons (Fsp3) is 0.407. The van der Waals surface area contributed by atoms with E-state index >= 15 is 0 Å². The summed E-state index contributed by atoms with van der Waals surface area (Å²) in [6.07, 6.45) is 2.49. The number of amides is 1. The van der Waals surface area contributed by atoms with Gasteiger partial charge in [0.25, 0.3) is 0 Å². The molecule has 0 bridgehead atoms. The Labute approximate surface area is 185 Å². The summed E-state index contributed by atoms with van der Waals surface area (Å²) in [5, 5.41) is 0. The van der Waals surface area contributed by atoms with Crippen LogP contribution in [0.25, 0.3) is 0 Å². The number of rotatable bonds is 5. The summed E-state index contributed by atoms with van der Waals surface area (Å²) in [5.41, 5.74) is 7.10. The molecule has 1 aliphatic carbocycles. The predicted molar refractivity (Wildman–Crippen MR) is 127 cm³/mol. The number of carbonyl (C=O) groups is 2. The summed E-state index contributed by atoms with van der Waals surface area (Å²) in [5.74, 6) is 0.133. The normalized spacial score (nSPS) is 19.0. The van der Waals surface area contributed by atoms with Gasteiger partial charge in [0, 0.05) is 48.8 Å². The van der Waals surface area contributed by atoms with E-state index in [1.807, 2.05) is 36.9 Å². The lowest BCUT2D eigenvalue weighted by atomic mass is 9.77. The number of para-hydroxylation sites is 1. The zero-order valence-electron chi connectivity index (χ0n) is 19.1. The molecule has 2 aromatic rings. The smallest absolute Gasteiger partial charge is 0.232 e. The van der Waals surface area contributed by atoms with Gasteiger partial charge in [0.15, 0.2) is 5.78 Å². The fourth-order valence-corrected chi connectivity index (χ4v) is 5.20. The summed E-state index contributed by atoms with van der Waals surface area (Å²) in [7, 11) is 0. The Balaban J connectivity index is 1.80. The number of Topliss-reactive ketones (excluding diaryl/α,β-unsaturated/α-hetero) is 1. The Hall–Kier alpha value is -2.88. The Morgan fingerprint density at radius 1 is 0.935 bits per heavy atom. The number of nitrogens with zero attached hydrogens (tertiary/aromatic N) is 2. The molecule has 0 aromatic heterocycles. The highest BCUT2D eigenvalue weighted by molar-refractivity contribution is 6.08. The summed E-state index contributed by atoms with van der Waals surface area (Å²) >= 11 is 0. The van der Waals surface area contributed by atoms with E-state index in [4.69, 9.17) is 0 Å². The van der Waals surface area contributed by atoms with Gasteiger partial charge in [-0.3, -0.25) is 14.5 Å². The van der Waals surface area contributed by atoms with E-state index < -0.39 is 0 Å². The third-order valence-corrected chi connectivity index (χ3v) is 6.76. The molecule has 2 aliphatic rings. The first-order valence-electron chi connectivity index (χ1n) is 11.5. The molecule has 4 nitrogen and oxygen atoms in total. The molecule has 0 saturated heterocycles. The van der Waals surface area contributed by atoms with E-state index in [0.717, 1.165) is 59.6 Å². The van der Waals surface area contributed by atoms with Gasteiger partial charge in [0.2, 0.25) is 5.91 Å². The number of hydrogen-bond donors (Lipinski definition) is 0. The molecule has 4 heteroatoms. The number of ketones is 1. The molecule has 0 N–H and O–H groups in total. The van der Waals surface area contributed by atoms with Gasteiger partial charge in [-0.2, -0.15) is 0 Å². The number of benzene rings is 2. The first kappa shape index (κ1) is 21.4. The van der Waals surface area contributed by atoms with Gasteiger partial charge in [-0.25, -0.2) is 0 Å². The van der Waals surface area contributed by atoms with Crippen molar-refractivity contribution in [3.8, 4) is 0 Å². The fourth-order valence-electron chi connectivity index (χ4n) is 5.20. The standard InChI is InChI=1S/C27H32N2O2/c1-5-28(6-2)21-15-13-20(14-16-21)22-17-25(31)29(23-11-8-12-24(30)26(22)23)27-18(3)9-7-10-19(27)4/h7,9-10,13-16,22H,5-6,8,11-12,17H2,1-4H3. The van der Waals surface area contributed by atoms with E-state index in [2.05, 4.69) is 43.0 Å². The van der Waals surface area contributed by atoms with Gasteiger partial charge in [-0.15, -0.1) is 0 Å². The van der Waals surface area contributed by atoms with Crippen molar-refractivity contribution < 1.29 is 9.59 Å². The molecule has 1 amide bonds. The van der Waals surface area contributed by atoms with E-state index in [1.54, 1.807) is 0 Å². The molecular weight excluding hydrogens is 384 g/mol. The molecule has 31 heavy (non-hydrogen) atoms. The lowest BCUT2D eigenvalue weighted by Crippen LogP contribution is -2.41. The predicted octanol–water partition coefficient (Wildman–Crippen LogP) is 5.68. The van der Waals surface area contributed by atoms with Crippen LogP contribution < -0.4 is 9.80 Å². The third-order valence-electron chi connectivity index (χ3n) is 6.76. The molecule has 0 saturated carbocycles. The molecule has 4 rings (SSSR count). The van der Waals surface area contributed by atoms with Crippen molar-refractivity contribution in [2.24, 2.45) is 0 Å². The number of carbonyl (C=O) groups excluding carboxylic acids is 2. The molecule has 1 atom stereocenters. The maximum Gasteiger partial charge on any atom is 0.232 e. The Kier molecular flexibility index (Phi) is 5.99. The number of allylic oxidation sites excluding steroid dienone is 2. The average Bonchev–Trinajstić information content (AvgIpc) is 2.76. The molecule has 0 spiro atoms.